The number of Topliss-reactive ketones (excluding diaryl/α,β-unsaturated/α-hetero) is 1. The van der Waals surface area contributed by atoms with Crippen molar-refractivity contribution >= 4 is 34.1 Å². The number of benzene rings is 3. The molecule has 0 fully saturated rings. The number of carbonyl (C=O) groups is 3. The number of esters is 1. The predicted molar refractivity (Wildman–Crippen MR) is 132 cm³/mol. The zero-order valence-corrected chi connectivity index (χ0v) is 19.1. The first-order valence-electron chi connectivity index (χ1n) is 11.1. The molecule has 0 atom stereocenters. The summed E-state index contributed by atoms with van der Waals surface area (Å²) < 4.78 is 6.50. The number of ketones is 1. The van der Waals surface area contributed by atoms with Gasteiger partial charge in [0.05, 0.1) is 11.9 Å². The highest BCUT2D eigenvalue weighted by molar-refractivity contribution is 6.04. The van der Waals surface area contributed by atoms with Gasteiger partial charge in [-0.1, -0.05) is 55.5 Å². The van der Waals surface area contributed by atoms with Gasteiger partial charge in [-0.15, -0.1) is 0 Å². The molecular weight excluding hydrogens is 446 g/mol. The van der Waals surface area contributed by atoms with Crippen LogP contribution in [-0.2, 0) is 16.1 Å². The number of anilines is 1. The summed E-state index contributed by atoms with van der Waals surface area (Å²) >= 11 is 0. The largest absolute Gasteiger partial charge is 0.452 e. The van der Waals surface area contributed by atoms with E-state index in [2.05, 4.69) is 10.4 Å². The van der Waals surface area contributed by atoms with Crippen LogP contribution in [0.4, 0.5) is 5.69 Å². The van der Waals surface area contributed by atoms with E-state index < -0.39 is 18.4 Å². The molecule has 8 heteroatoms. The Morgan fingerprint density at radius 2 is 1.54 bits per heavy atom. The summed E-state index contributed by atoms with van der Waals surface area (Å²) in [6.45, 7) is 1.44. The lowest BCUT2D eigenvalue weighted by atomic mass is 10.1. The van der Waals surface area contributed by atoms with Crippen molar-refractivity contribution in [1.29, 1.82) is 0 Å². The third-order valence-electron chi connectivity index (χ3n) is 5.38. The van der Waals surface area contributed by atoms with E-state index in [9.17, 15) is 19.2 Å². The average Bonchev–Trinajstić information content (AvgIpc) is 2.89. The van der Waals surface area contributed by atoms with Gasteiger partial charge in [-0.05, 0) is 35.9 Å². The highest BCUT2D eigenvalue weighted by Crippen LogP contribution is 2.16. The van der Waals surface area contributed by atoms with Gasteiger partial charge >= 0.3 is 5.97 Å². The first-order valence-corrected chi connectivity index (χ1v) is 11.1. The monoisotopic (exact) mass is 469 g/mol. The molecule has 176 valence electrons. The Kier molecular flexibility index (Phi) is 7.11. The SMILES string of the molecule is CCC(=O)Nc1ccc(C(=O)COC(=O)c2nn(Cc3ccccc3)c(=O)c3ccccc23)cc1. The second kappa shape index (κ2) is 10.6. The van der Waals surface area contributed by atoms with Crippen LogP contribution >= 0.6 is 0 Å². The van der Waals surface area contributed by atoms with Gasteiger partial charge in [-0.3, -0.25) is 14.4 Å². The highest BCUT2D eigenvalue weighted by Gasteiger charge is 2.19. The van der Waals surface area contributed by atoms with E-state index in [-0.39, 0.29) is 23.7 Å². The molecule has 0 bridgehead atoms. The number of aromatic nitrogens is 2. The molecule has 4 rings (SSSR count). The average molecular weight is 469 g/mol. The lowest BCUT2D eigenvalue weighted by Gasteiger charge is -2.11. The van der Waals surface area contributed by atoms with Gasteiger partial charge in [0.2, 0.25) is 5.91 Å². The molecule has 4 aromatic rings. The highest BCUT2D eigenvalue weighted by atomic mass is 16.5. The Labute approximate surface area is 201 Å². The Bertz CT molecular complexity index is 1440. The predicted octanol–water partition coefficient (Wildman–Crippen LogP) is 3.83. The molecule has 35 heavy (non-hydrogen) atoms. The third kappa shape index (κ3) is 5.50. The molecule has 3 aromatic carbocycles. The number of hydrogen-bond acceptors (Lipinski definition) is 6. The number of ether oxygens (including phenoxy) is 1. The van der Waals surface area contributed by atoms with Crippen LogP contribution in [0.25, 0.3) is 10.8 Å². The molecule has 0 saturated heterocycles. The molecule has 0 saturated carbocycles. The number of amides is 1. The molecule has 1 amide bonds. The molecule has 0 radical (unpaired) electrons. The lowest BCUT2D eigenvalue weighted by molar-refractivity contribution is -0.115. The second-order valence-electron chi connectivity index (χ2n) is 7.82. The summed E-state index contributed by atoms with van der Waals surface area (Å²) in [5.74, 6) is -1.34. The number of fused-ring (bicyclic) bond motifs is 1. The molecule has 0 aliphatic rings. The number of hydrogen-bond donors (Lipinski definition) is 1. The summed E-state index contributed by atoms with van der Waals surface area (Å²) in [4.78, 5) is 49.9. The van der Waals surface area contributed by atoms with Crippen LogP contribution in [0, 0.1) is 0 Å². The van der Waals surface area contributed by atoms with E-state index in [0.717, 1.165) is 5.56 Å². The summed E-state index contributed by atoms with van der Waals surface area (Å²) in [5.41, 5.74) is 1.39. The van der Waals surface area contributed by atoms with Crippen LogP contribution in [0.5, 0.6) is 0 Å². The smallest absolute Gasteiger partial charge is 0.359 e. The fourth-order valence-electron chi connectivity index (χ4n) is 3.52. The van der Waals surface area contributed by atoms with Gasteiger partial charge in [0.15, 0.2) is 18.1 Å². The zero-order valence-electron chi connectivity index (χ0n) is 19.1. The maximum atomic E-state index is 12.9. The summed E-state index contributed by atoms with van der Waals surface area (Å²) in [5, 5.41) is 7.66. The van der Waals surface area contributed by atoms with Crippen molar-refractivity contribution in [2.45, 2.75) is 19.9 Å². The minimum absolute atomic E-state index is 0.0402. The fourth-order valence-corrected chi connectivity index (χ4v) is 3.52. The molecule has 8 nitrogen and oxygen atoms in total. The Morgan fingerprint density at radius 3 is 2.23 bits per heavy atom. The van der Waals surface area contributed by atoms with E-state index in [1.54, 1.807) is 55.5 Å². The van der Waals surface area contributed by atoms with Crippen molar-refractivity contribution in [2.75, 3.05) is 11.9 Å². The van der Waals surface area contributed by atoms with Crippen molar-refractivity contribution in [3.8, 4) is 0 Å². The number of nitrogens with one attached hydrogen (secondary N) is 1. The van der Waals surface area contributed by atoms with E-state index >= 15 is 0 Å². The quantitative estimate of drug-likeness (QED) is 0.310. The minimum Gasteiger partial charge on any atom is -0.452 e. The van der Waals surface area contributed by atoms with Crippen LogP contribution in [-0.4, -0.2) is 34.0 Å². The van der Waals surface area contributed by atoms with Gasteiger partial charge in [0, 0.05) is 23.1 Å². The maximum absolute atomic E-state index is 12.9. The molecule has 0 aliphatic carbocycles. The number of nitrogens with zero attached hydrogens (tertiary/aromatic N) is 2. The van der Waals surface area contributed by atoms with Gasteiger partial charge in [-0.25, -0.2) is 9.48 Å². The van der Waals surface area contributed by atoms with Crippen molar-refractivity contribution < 1.29 is 19.1 Å². The van der Waals surface area contributed by atoms with E-state index in [4.69, 9.17) is 4.74 Å². The van der Waals surface area contributed by atoms with Crippen LogP contribution in [0.15, 0.2) is 83.7 Å². The first-order chi connectivity index (χ1) is 17.0. The molecule has 1 N–H and O–H groups in total. The number of rotatable bonds is 8. The standard InChI is InChI=1S/C27H23N3O5/c1-2-24(32)28-20-14-12-19(13-15-20)23(31)17-35-27(34)25-21-10-6-7-11-22(21)26(33)30(29-25)16-18-8-4-3-5-9-18/h3-15H,2,16-17H2,1H3,(H,28,32). The summed E-state index contributed by atoms with van der Waals surface area (Å²) in [6.07, 6.45) is 0.345. The Hall–Kier alpha value is -4.59. The van der Waals surface area contributed by atoms with Crippen LogP contribution in [0.2, 0.25) is 0 Å². The van der Waals surface area contributed by atoms with Crippen LogP contribution in [0.1, 0.15) is 39.8 Å². The van der Waals surface area contributed by atoms with Crippen molar-refractivity contribution in [3.05, 3.63) is 106 Å². The number of carbonyl (C=O) groups excluding carboxylic acids is 3. The first kappa shape index (κ1) is 23.6. The minimum atomic E-state index is -0.803. The van der Waals surface area contributed by atoms with Gasteiger partial charge in [-0.2, -0.15) is 5.10 Å². The van der Waals surface area contributed by atoms with E-state index in [1.165, 1.54) is 4.68 Å². The topological polar surface area (TPSA) is 107 Å². The normalized spacial score (nSPS) is 10.7. The maximum Gasteiger partial charge on any atom is 0.359 e. The van der Waals surface area contributed by atoms with E-state index in [1.807, 2.05) is 30.3 Å². The zero-order chi connectivity index (χ0) is 24.8. The summed E-state index contributed by atoms with van der Waals surface area (Å²) in [6, 6.07) is 22.3. The Morgan fingerprint density at radius 1 is 0.886 bits per heavy atom. The van der Waals surface area contributed by atoms with Gasteiger partial charge in [0.1, 0.15) is 0 Å². The van der Waals surface area contributed by atoms with E-state index in [0.29, 0.717) is 28.4 Å². The molecular formula is C27H23N3O5. The molecule has 1 aromatic heterocycles. The third-order valence-corrected chi connectivity index (χ3v) is 5.38. The summed E-state index contributed by atoms with van der Waals surface area (Å²) in [7, 11) is 0. The molecule has 0 unspecified atom stereocenters. The van der Waals surface area contributed by atoms with Crippen molar-refractivity contribution in [1.82, 2.24) is 9.78 Å². The van der Waals surface area contributed by atoms with Crippen LogP contribution < -0.4 is 10.9 Å². The molecule has 0 spiro atoms. The van der Waals surface area contributed by atoms with Crippen molar-refractivity contribution in [2.24, 2.45) is 0 Å². The second-order valence-corrected chi connectivity index (χ2v) is 7.82. The lowest BCUT2D eigenvalue weighted by Crippen LogP contribution is -2.27. The molecule has 0 aliphatic heterocycles. The van der Waals surface area contributed by atoms with Crippen LogP contribution in [0.3, 0.4) is 0 Å². The van der Waals surface area contributed by atoms with Crippen molar-refractivity contribution in [3.63, 3.8) is 0 Å². The van der Waals surface area contributed by atoms with Gasteiger partial charge in [0.25, 0.3) is 5.56 Å². The Balaban J connectivity index is 1.53. The fraction of sp³-hybridized carbons (Fsp3) is 0.148. The van der Waals surface area contributed by atoms with Gasteiger partial charge < -0.3 is 10.1 Å². The molecule has 1 heterocycles.